The van der Waals surface area contributed by atoms with E-state index in [1.165, 1.54) is 61.6 Å². The van der Waals surface area contributed by atoms with E-state index >= 15 is 0 Å². The first-order valence-electron chi connectivity index (χ1n) is 9.60. The number of anilines is 1. The Balaban J connectivity index is 1.20. The van der Waals surface area contributed by atoms with Crippen LogP contribution in [0.1, 0.15) is 38.5 Å². The van der Waals surface area contributed by atoms with Crippen LogP contribution in [0.3, 0.4) is 0 Å². The topological polar surface area (TPSA) is 76.1 Å². The molecule has 1 aromatic heterocycles. The van der Waals surface area contributed by atoms with Crippen LogP contribution in [0.15, 0.2) is 4.34 Å². The summed E-state index contributed by atoms with van der Waals surface area (Å²) < 4.78 is 5.83. The molecule has 2 N–H and O–H groups in total. The van der Waals surface area contributed by atoms with Crippen molar-refractivity contribution in [3.8, 4) is 0 Å². The minimum absolute atomic E-state index is 0.120. The molecular weight excluding hydrogens is 368 g/mol. The molecule has 0 atom stereocenters. The molecule has 0 aromatic carbocycles. The highest BCUT2D eigenvalue weighted by atomic mass is 32.2. The third-order valence-electron chi connectivity index (χ3n) is 6.14. The largest absolute Gasteiger partial charge is 0.383 e. The zero-order valence-electron chi connectivity index (χ0n) is 15.3. The zero-order chi connectivity index (χ0) is 18.0. The van der Waals surface area contributed by atoms with E-state index in [-0.39, 0.29) is 5.91 Å². The summed E-state index contributed by atoms with van der Waals surface area (Å²) in [5.74, 6) is 3.32. The molecule has 4 aliphatic carbocycles. The van der Waals surface area contributed by atoms with E-state index in [0.717, 1.165) is 33.8 Å². The zero-order valence-corrected chi connectivity index (χ0v) is 17.0. The van der Waals surface area contributed by atoms with Crippen LogP contribution in [0.5, 0.6) is 0 Å². The van der Waals surface area contributed by atoms with Crippen LogP contribution in [-0.2, 0) is 9.53 Å². The second-order valence-corrected chi connectivity index (χ2v) is 10.5. The summed E-state index contributed by atoms with van der Waals surface area (Å²) in [6, 6.07) is 0. The molecule has 26 heavy (non-hydrogen) atoms. The highest BCUT2D eigenvalue weighted by Gasteiger charge is 2.50. The number of nitrogens with zero attached hydrogens (tertiary/aromatic N) is 2. The smallest absolute Gasteiger partial charge is 0.230 e. The van der Waals surface area contributed by atoms with Gasteiger partial charge in [0.15, 0.2) is 4.34 Å². The summed E-state index contributed by atoms with van der Waals surface area (Å²) in [5.41, 5.74) is 0.399. The van der Waals surface area contributed by atoms with Crippen molar-refractivity contribution < 1.29 is 9.53 Å². The molecule has 1 aromatic rings. The fraction of sp³-hybridized carbons (Fsp3) is 0.833. The number of hydrogen-bond acceptors (Lipinski definition) is 7. The number of carbonyl (C=O) groups excluding carboxylic acids is 1. The van der Waals surface area contributed by atoms with Gasteiger partial charge in [0, 0.05) is 20.2 Å². The van der Waals surface area contributed by atoms with Crippen LogP contribution in [0.2, 0.25) is 0 Å². The molecule has 0 aliphatic heterocycles. The van der Waals surface area contributed by atoms with Gasteiger partial charge < -0.3 is 15.4 Å². The Kier molecular flexibility index (Phi) is 5.71. The number of hydrogen-bond donors (Lipinski definition) is 2. The molecule has 144 valence electrons. The highest BCUT2D eigenvalue weighted by Crippen LogP contribution is 2.59. The molecule has 4 bridgehead atoms. The maximum absolute atomic E-state index is 12.3. The number of nitrogens with one attached hydrogen (secondary N) is 2. The van der Waals surface area contributed by atoms with Crippen LogP contribution in [-0.4, -0.2) is 48.7 Å². The average Bonchev–Trinajstić information content (AvgIpc) is 3.05. The van der Waals surface area contributed by atoms with Crippen LogP contribution >= 0.6 is 23.1 Å². The Morgan fingerprint density at radius 3 is 2.58 bits per heavy atom. The summed E-state index contributed by atoms with van der Waals surface area (Å²) in [5, 5.41) is 15.4. The Bertz CT molecular complexity index is 601. The van der Waals surface area contributed by atoms with E-state index in [4.69, 9.17) is 4.74 Å². The number of methoxy groups -OCH3 is 1. The maximum Gasteiger partial charge on any atom is 0.230 e. The van der Waals surface area contributed by atoms with E-state index in [2.05, 4.69) is 20.8 Å². The first-order chi connectivity index (χ1) is 12.6. The van der Waals surface area contributed by atoms with Crippen molar-refractivity contribution in [1.82, 2.24) is 15.5 Å². The van der Waals surface area contributed by atoms with Gasteiger partial charge in [0.25, 0.3) is 0 Å². The predicted octanol–water partition coefficient (Wildman–Crippen LogP) is 3.02. The maximum atomic E-state index is 12.3. The number of rotatable bonds is 9. The fourth-order valence-electron chi connectivity index (χ4n) is 5.57. The average molecular weight is 397 g/mol. The van der Waals surface area contributed by atoms with Crippen LogP contribution < -0.4 is 10.6 Å². The van der Waals surface area contributed by atoms with Crippen LogP contribution in [0.4, 0.5) is 5.13 Å². The third-order valence-corrected chi connectivity index (χ3v) is 8.16. The monoisotopic (exact) mass is 396 g/mol. The summed E-state index contributed by atoms with van der Waals surface area (Å²) in [7, 11) is 1.67. The molecule has 0 spiro atoms. The van der Waals surface area contributed by atoms with E-state index in [0.29, 0.717) is 24.3 Å². The number of amides is 1. The van der Waals surface area contributed by atoms with E-state index in [1.807, 2.05) is 0 Å². The number of ether oxygens (including phenoxy) is 1. The van der Waals surface area contributed by atoms with Crippen molar-refractivity contribution in [2.45, 2.75) is 42.9 Å². The first-order valence-corrected chi connectivity index (χ1v) is 11.4. The SMILES string of the molecule is COCCNc1nnc(SCC(=O)NCC23CC4CC(CC(C4)C2)C3)s1. The summed E-state index contributed by atoms with van der Waals surface area (Å²) >= 11 is 2.95. The highest BCUT2D eigenvalue weighted by molar-refractivity contribution is 8.01. The Morgan fingerprint density at radius 2 is 1.92 bits per heavy atom. The van der Waals surface area contributed by atoms with Gasteiger partial charge in [0.05, 0.1) is 12.4 Å². The Hall–Kier alpha value is -0.860. The lowest BCUT2D eigenvalue weighted by atomic mass is 9.49. The second-order valence-electron chi connectivity index (χ2n) is 8.28. The number of aromatic nitrogens is 2. The van der Waals surface area contributed by atoms with E-state index < -0.39 is 0 Å². The molecular formula is C18H28N4O2S2. The summed E-state index contributed by atoms with van der Waals surface area (Å²) in [6.07, 6.45) is 8.33. The summed E-state index contributed by atoms with van der Waals surface area (Å²) in [4.78, 5) is 12.3. The first kappa shape index (κ1) is 18.5. The van der Waals surface area contributed by atoms with Gasteiger partial charge in [-0.15, -0.1) is 10.2 Å². The van der Waals surface area contributed by atoms with Crippen molar-refractivity contribution in [2.24, 2.45) is 23.2 Å². The molecule has 6 nitrogen and oxygen atoms in total. The molecule has 5 rings (SSSR count). The van der Waals surface area contributed by atoms with Gasteiger partial charge >= 0.3 is 0 Å². The van der Waals surface area contributed by atoms with Crippen LogP contribution in [0, 0.1) is 23.2 Å². The normalized spacial score (nSPS) is 32.0. The molecule has 0 radical (unpaired) electrons. The molecule has 0 saturated heterocycles. The lowest BCUT2D eigenvalue weighted by molar-refractivity contribution is -0.120. The lowest BCUT2D eigenvalue weighted by Crippen LogP contribution is -2.51. The van der Waals surface area contributed by atoms with Gasteiger partial charge in [-0.3, -0.25) is 4.79 Å². The third kappa shape index (κ3) is 4.34. The molecule has 4 fully saturated rings. The molecule has 1 amide bonds. The van der Waals surface area contributed by atoms with Crippen molar-refractivity contribution in [3.05, 3.63) is 0 Å². The van der Waals surface area contributed by atoms with Gasteiger partial charge in [-0.25, -0.2) is 0 Å². The molecule has 4 saturated carbocycles. The van der Waals surface area contributed by atoms with Crippen molar-refractivity contribution >= 4 is 34.1 Å². The number of carbonyl (C=O) groups is 1. The standard InChI is InChI=1S/C18H28N4O2S2/c1-24-3-2-19-16-21-22-17(26-16)25-10-15(23)20-11-18-7-12-4-13(8-18)6-14(5-12)9-18/h12-14H,2-11H2,1H3,(H,19,21)(H,20,23). The molecule has 0 unspecified atom stereocenters. The Labute approximate surface area is 163 Å². The fourth-order valence-corrected chi connectivity index (χ4v) is 7.18. The molecule has 4 aliphatic rings. The van der Waals surface area contributed by atoms with Gasteiger partial charge in [0.2, 0.25) is 11.0 Å². The van der Waals surface area contributed by atoms with Crippen molar-refractivity contribution in [1.29, 1.82) is 0 Å². The van der Waals surface area contributed by atoms with Crippen molar-refractivity contribution in [2.75, 3.05) is 37.9 Å². The molecule has 1 heterocycles. The van der Waals surface area contributed by atoms with Gasteiger partial charge in [0.1, 0.15) is 0 Å². The van der Waals surface area contributed by atoms with Crippen molar-refractivity contribution in [3.63, 3.8) is 0 Å². The van der Waals surface area contributed by atoms with Crippen LogP contribution in [0.25, 0.3) is 0 Å². The van der Waals surface area contributed by atoms with E-state index in [1.54, 1.807) is 7.11 Å². The van der Waals surface area contributed by atoms with E-state index in [9.17, 15) is 4.79 Å². The summed E-state index contributed by atoms with van der Waals surface area (Å²) in [6.45, 7) is 2.21. The van der Waals surface area contributed by atoms with Gasteiger partial charge in [-0.1, -0.05) is 23.1 Å². The molecule has 8 heteroatoms. The van der Waals surface area contributed by atoms with Gasteiger partial charge in [-0.05, 0) is 61.7 Å². The Morgan fingerprint density at radius 1 is 1.23 bits per heavy atom. The predicted molar refractivity (Wildman–Crippen MR) is 105 cm³/mol. The minimum Gasteiger partial charge on any atom is -0.383 e. The number of thioether (sulfide) groups is 1. The second kappa shape index (κ2) is 8.02. The lowest BCUT2D eigenvalue weighted by Gasteiger charge is -2.56. The quantitative estimate of drug-likeness (QED) is 0.494. The van der Waals surface area contributed by atoms with Gasteiger partial charge in [-0.2, -0.15) is 0 Å². The minimum atomic E-state index is 0.120.